The van der Waals surface area contributed by atoms with Crippen LogP contribution < -0.4 is 10.1 Å². The first-order valence-corrected chi connectivity index (χ1v) is 7.79. The van der Waals surface area contributed by atoms with E-state index in [1.54, 1.807) is 24.3 Å². The molecule has 0 fully saturated rings. The molecule has 0 saturated heterocycles. The van der Waals surface area contributed by atoms with Gasteiger partial charge in [-0.2, -0.15) is 13.2 Å². The first kappa shape index (κ1) is 18.4. The minimum atomic E-state index is -4.42. The predicted octanol–water partition coefficient (Wildman–Crippen LogP) is 3.95. The van der Waals surface area contributed by atoms with Gasteiger partial charge in [-0.3, -0.25) is 10.1 Å². The molecule has 2 aromatic carbocycles. The molecule has 0 radical (unpaired) electrons. The summed E-state index contributed by atoms with van der Waals surface area (Å²) >= 11 is 0. The van der Waals surface area contributed by atoms with Gasteiger partial charge in [0.15, 0.2) is 0 Å². The molecule has 0 aliphatic rings. The van der Waals surface area contributed by atoms with E-state index < -0.39 is 11.7 Å². The number of benzene rings is 2. The monoisotopic (exact) mass is 377 g/mol. The van der Waals surface area contributed by atoms with Crippen LogP contribution in [-0.2, 0) is 17.4 Å². The molecule has 27 heavy (non-hydrogen) atoms. The number of carbonyl (C=O) groups excluding carboxylic acids is 1. The molecule has 0 spiro atoms. The lowest BCUT2D eigenvalue weighted by Gasteiger charge is -2.06. The molecule has 6 nitrogen and oxygen atoms in total. The molecule has 1 heterocycles. The number of methoxy groups -OCH3 is 1. The van der Waals surface area contributed by atoms with Crippen LogP contribution in [0.3, 0.4) is 0 Å². The number of nitrogens with zero attached hydrogens (tertiary/aromatic N) is 2. The standard InChI is InChI=1S/C18H14F3N3O3/c1-26-14-4-2-3-11(9-14)10-15(25)22-17-24-23-16(27-17)12-5-7-13(8-6-12)18(19,20)21/h2-9H,10H2,1H3,(H,22,24,25). The normalized spacial score (nSPS) is 11.3. The Balaban J connectivity index is 1.66. The second-order valence-electron chi connectivity index (χ2n) is 5.56. The van der Waals surface area contributed by atoms with Crippen LogP contribution in [0.15, 0.2) is 52.9 Å². The number of nitrogens with one attached hydrogen (secondary N) is 1. The Morgan fingerprint density at radius 1 is 1.15 bits per heavy atom. The van der Waals surface area contributed by atoms with Crippen molar-refractivity contribution in [3.63, 3.8) is 0 Å². The number of carbonyl (C=O) groups is 1. The van der Waals surface area contributed by atoms with Gasteiger partial charge in [-0.25, -0.2) is 0 Å². The van der Waals surface area contributed by atoms with Gasteiger partial charge in [0.25, 0.3) is 0 Å². The number of alkyl halides is 3. The van der Waals surface area contributed by atoms with E-state index >= 15 is 0 Å². The van der Waals surface area contributed by atoms with Gasteiger partial charge in [-0.15, -0.1) is 5.10 Å². The topological polar surface area (TPSA) is 77.2 Å². The molecule has 0 aliphatic heterocycles. The number of anilines is 1. The number of hydrogen-bond donors (Lipinski definition) is 1. The Morgan fingerprint density at radius 2 is 1.89 bits per heavy atom. The molecule has 0 aliphatic carbocycles. The lowest BCUT2D eigenvalue weighted by molar-refractivity contribution is -0.137. The minimum absolute atomic E-state index is 0.000375. The lowest BCUT2D eigenvalue weighted by Crippen LogP contribution is -2.14. The number of rotatable bonds is 5. The Bertz CT molecular complexity index is 937. The highest BCUT2D eigenvalue weighted by Gasteiger charge is 2.30. The van der Waals surface area contributed by atoms with E-state index in [-0.39, 0.29) is 24.2 Å². The molecule has 0 unspecified atom stereocenters. The largest absolute Gasteiger partial charge is 0.497 e. The summed E-state index contributed by atoms with van der Waals surface area (Å²) in [5.41, 5.74) is 0.260. The number of ether oxygens (including phenoxy) is 1. The van der Waals surface area contributed by atoms with E-state index in [9.17, 15) is 18.0 Å². The third-order valence-corrected chi connectivity index (χ3v) is 3.63. The quantitative estimate of drug-likeness (QED) is 0.729. The van der Waals surface area contributed by atoms with E-state index in [1.807, 2.05) is 0 Å². The zero-order chi connectivity index (χ0) is 19.4. The molecule has 1 aromatic heterocycles. The molecular formula is C18H14F3N3O3. The Hall–Kier alpha value is -3.36. The fraction of sp³-hybridized carbons (Fsp3) is 0.167. The number of halogens is 3. The molecule has 0 bridgehead atoms. The van der Waals surface area contributed by atoms with Gasteiger partial charge in [-0.05, 0) is 42.0 Å². The Labute approximate surface area is 152 Å². The van der Waals surface area contributed by atoms with Gasteiger partial charge in [0.05, 0.1) is 19.1 Å². The summed E-state index contributed by atoms with van der Waals surface area (Å²) in [6.07, 6.45) is -4.36. The predicted molar refractivity (Wildman–Crippen MR) is 90.1 cm³/mol. The molecule has 3 aromatic rings. The van der Waals surface area contributed by atoms with Crippen LogP contribution in [0.2, 0.25) is 0 Å². The number of aromatic nitrogens is 2. The average Bonchev–Trinajstić information content (AvgIpc) is 3.09. The highest BCUT2D eigenvalue weighted by molar-refractivity contribution is 5.90. The van der Waals surface area contributed by atoms with E-state index in [2.05, 4.69) is 15.5 Å². The van der Waals surface area contributed by atoms with Crippen LogP contribution in [0, 0.1) is 0 Å². The van der Waals surface area contributed by atoms with Crippen molar-refractivity contribution in [2.24, 2.45) is 0 Å². The van der Waals surface area contributed by atoms with Crippen molar-refractivity contribution in [2.45, 2.75) is 12.6 Å². The maximum absolute atomic E-state index is 12.6. The molecule has 1 N–H and O–H groups in total. The Morgan fingerprint density at radius 3 is 2.56 bits per heavy atom. The van der Waals surface area contributed by atoms with Crippen LogP contribution in [-0.4, -0.2) is 23.2 Å². The Kier molecular flexibility index (Phi) is 5.11. The number of amides is 1. The summed E-state index contributed by atoms with van der Waals surface area (Å²) in [4.78, 5) is 12.1. The zero-order valence-electron chi connectivity index (χ0n) is 14.1. The SMILES string of the molecule is COc1cccc(CC(=O)Nc2nnc(-c3ccc(C(F)(F)F)cc3)o2)c1. The van der Waals surface area contributed by atoms with Gasteiger partial charge in [0, 0.05) is 5.56 Å². The fourth-order valence-corrected chi connectivity index (χ4v) is 2.32. The van der Waals surface area contributed by atoms with Crippen molar-refractivity contribution in [1.29, 1.82) is 0 Å². The van der Waals surface area contributed by atoms with E-state index in [0.717, 1.165) is 17.7 Å². The van der Waals surface area contributed by atoms with Crippen molar-refractivity contribution in [3.8, 4) is 17.2 Å². The second-order valence-corrected chi connectivity index (χ2v) is 5.56. The summed E-state index contributed by atoms with van der Waals surface area (Å²) in [7, 11) is 1.53. The van der Waals surface area contributed by atoms with Crippen LogP contribution in [0.25, 0.3) is 11.5 Å². The third kappa shape index (κ3) is 4.63. The summed E-state index contributed by atoms with van der Waals surface area (Å²) in [5, 5.41) is 9.87. The molecule has 3 rings (SSSR count). The third-order valence-electron chi connectivity index (χ3n) is 3.63. The van der Waals surface area contributed by atoms with Gasteiger partial charge in [0.1, 0.15) is 5.75 Å². The van der Waals surface area contributed by atoms with Crippen LogP contribution in [0.5, 0.6) is 5.75 Å². The molecular weight excluding hydrogens is 363 g/mol. The van der Waals surface area contributed by atoms with Crippen molar-refractivity contribution >= 4 is 11.9 Å². The first-order chi connectivity index (χ1) is 12.8. The number of hydrogen-bond acceptors (Lipinski definition) is 5. The second kappa shape index (κ2) is 7.48. The van der Waals surface area contributed by atoms with Crippen molar-refractivity contribution in [1.82, 2.24) is 10.2 Å². The smallest absolute Gasteiger partial charge is 0.416 e. The van der Waals surface area contributed by atoms with Crippen molar-refractivity contribution in [2.75, 3.05) is 12.4 Å². The minimum Gasteiger partial charge on any atom is -0.497 e. The maximum atomic E-state index is 12.6. The van der Waals surface area contributed by atoms with E-state index in [4.69, 9.17) is 9.15 Å². The van der Waals surface area contributed by atoms with Gasteiger partial charge >= 0.3 is 12.2 Å². The van der Waals surface area contributed by atoms with Gasteiger partial charge < -0.3 is 9.15 Å². The molecule has 9 heteroatoms. The van der Waals surface area contributed by atoms with E-state index in [0.29, 0.717) is 11.3 Å². The maximum Gasteiger partial charge on any atom is 0.416 e. The van der Waals surface area contributed by atoms with Crippen molar-refractivity contribution in [3.05, 3.63) is 59.7 Å². The van der Waals surface area contributed by atoms with E-state index in [1.165, 1.54) is 19.2 Å². The summed E-state index contributed by atoms with van der Waals surface area (Å²) < 4.78 is 48.2. The van der Waals surface area contributed by atoms with Crippen molar-refractivity contribution < 1.29 is 27.1 Å². The highest BCUT2D eigenvalue weighted by Crippen LogP contribution is 2.30. The van der Waals surface area contributed by atoms with Crippen LogP contribution in [0.4, 0.5) is 19.2 Å². The summed E-state index contributed by atoms with van der Waals surface area (Å²) in [6, 6.07) is 11.1. The van der Waals surface area contributed by atoms with Crippen LogP contribution in [0.1, 0.15) is 11.1 Å². The van der Waals surface area contributed by atoms with Gasteiger partial charge in [-0.1, -0.05) is 17.2 Å². The summed E-state index contributed by atoms with van der Waals surface area (Å²) in [5.74, 6) is 0.244. The average molecular weight is 377 g/mol. The molecule has 0 atom stereocenters. The molecule has 0 saturated carbocycles. The highest BCUT2D eigenvalue weighted by atomic mass is 19.4. The van der Waals surface area contributed by atoms with Gasteiger partial charge in [0.2, 0.25) is 11.8 Å². The van der Waals surface area contributed by atoms with Crippen LogP contribution >= 0.6 is 0 Å². The zero-order valence-corrected chi connectivity index (χ0v) is 14.1. The fourth-order valence-electron chi connectivity index (χ4n) is 2.32. The lowest BCUT2D eigenvalue weighted by atomic mass is 10.1. The molecule has 140 valence electrons. The molecule has 1 amide bonds. The summed E-state index contributed by atoms with van der Waals surface area (Å²) in [6.45, 7) is 0. The first-order valence-electron chi connectivity index (χ1n) is 7.79.